The lowest BCUT2D eigenvalue weighted by atomic mass is 10.0. The number of amides is 1. The summed E-state index contributed by atoms with van der Waals surface area (Å²) in [5, 5.41) is 12.1. The summed E-state index contributed by atoms with van der Waals surface area (Å²) in [7, 11) is 0. The molecule has 0 radical (unpaired) electrons. The summed E-state index contributed by atoms with van der Waals surface area (Å²) in [6, 6.07) is 2.07. The molecule has 0 aromatic carbocycles. The lowest BCUT2D eigenvalue weighted by molar-refractivity contribution is 0.0696. The van der Waals surface area contributed by atoms with Gasteiger partial charge in [0.2, 0.25) is 0 Å². The molecule has 1 saturated heterocycles. The number of nitrogens with zero attached hydrogens (tertiary/aromatic N) is 2. The predicted molar refractivity (Wildman–Crippen MR) is 99.7 cm³/mol. The second-order valence-electron chi connectivity index (χ2n) is 6.29. The van der Waals surface area contributed by atoms with Gasteiger partial charge in [-0.3, -0.25) is 4.79 Å². The van der Waals surface area contributed by atoms with Crippen LogP contribution in [0.25, 0.3) is 0 Å². The number of hydrogen-bond donors (Lipinski definition) is 3. The number of anilines is 1. The summed E-state index contributed by atoms with van der Waals surface area (Å²) in [6.07, 6.45) is 0.346. The first kappa shape index (κ1) is 19.4. The van der Waals surface area contributed by atoms with Crippen LogP contribution in [-0.4, -0.2) is 52.3 Å². The van der Waals surface area contributed by atoms with Crippen LogP contribution in [0.1, 0.15) is 33.0 Å². The first-order valence-corrected chi connectivity index (χ1v) is 8.96. The number of aromatic carboxylic acids is 1. The molecule has 3 rings (SSSR count). The van der Waals surface area contributed by atoms with Crippen LogP contribution in [0, 0.1) is 6.92 Å². The molecule has 2 atom stereocenters. The average molecular weight is 415 g/mol. The van der Waals surface area contributed by atoms with E-state index >= 15 is 0 Å². The van der Waals surface area contributed by atoms with Crippen LogP contribution in [0.3, 0.4) is 0 Å². The van der Waals surface area contributed by atoms with Crippen molar-refractivity contribution in [3.8, 4) is 0 Å². The number of rotatable bonds is 4. The predicted octanol–water partition coefficient (Wildman–Crippen LogP) is 3.07. The number of halogens is 3. The molecule has 10 heteroatoms. The first-order chi connectivity index (χ1) is 12.8. The lowest BCUT2D eigenvalue weighted by Gasteiger charge is -2.35. The molecule has 2 aromatic rings. The molecule has 0 unspecified atom stereocenters. The Kier molecular flexibility index (Phi) is 5.57. The van der Waals surface area contributed by atoms with E-state index in [-0.39, 0.29) is 27.8 Å². The van der Waals surface area contributed by atoms with Gasteiger partial charge in [0.25, 0.3) is 5.91 Å². The molecular weight excluding hydrogens is 398 g/mol. The van der Waals surface area contributed by atoms with Crippen molar-refractivity contribution in [1.29, 1.82) is 0 Å². The topological polar surface area (TPSA) is 98.3 Å². The Morgan fingerprint density at radius 2 is 2.15 bits per heavy atom. The molecule has 1 aliphatic rings. The summed E-state index contributed by atoms with van der Waals surface area (Å²) in [5.74, 6) is -1.21. The van der Waals surface area contributed by atoms with E-state index in [4.69, 9.17) is 28.3 Å². The molecule has 7 nitrogen and oxygen atoms in total. The molecule has 3 N–H and O–H groups in total. The Morgan fingerprint density at radius 1 is 1.41 bits per heavy atom. The molecule has 1 aliphatic heterocycles. The van der Waals surface area contributed by atoms with Gasteiger partial charge in [-0.15, -0.1) is 0 Å². The van der Waals surface area contributed by atoms with E-state index in [0.717, 1.165) is 0 Å². The fourth-order valence-electron chi connectivity index (χ4n) is 2.97. The second kappa shape index (κ2) is 7.74. The van der Waals surface area contributed by atoms with Gasteiger partial charge >= 0.3 is 5.97 Å². The smallest absolute Gasteiger partial charge is 0.335 e. The monoisotopic (exact) mass is 414 g/mol. The van der Waals surface area contributed by atoms with Crippen LogP contribution < -0.4 is 10.2 Å². The summed E-state index contributed by atoms with van der Waals surface area (Å²) in [4.78, 5) is 32.0. The number of carbonyl (C=O) groups is 2. The minimum absolute atomic E-state index is 0.0146. The van der Waals surface area contributed by atoms with Crippen LogP contribution in [0.15, 0.2) is 18.3 Å². The van der Waals surface area contributed by atoms with Gasteiger partial charge in [-0.05, 0) is 25.5 Å². The number of aromatic nitrogens is 2. The third kappa shape index (κ3) is 4.01. The van der Waals surface area contributed by atoms with E-state index in [9.17, 15) is 14.0 Å². The van der Waals surface area contributed by atoms with Gasteiger partial charge in [0.1, 0.15) is 17.7 Å². The van der Waals surface area contributed by atoms with Crippen molar-refractivity contribution in [1.82, 2.24) is 15.3 Å². The molecule has 0 saturated carbocycles. The second-order valence-corrected chi connectivity index (χ2v) is 7.05. The number of hydrogen-bond acceptors (Lipinski definition) is 4. The Bertz CT molecular complexity index is 889. The van der Waals surface area contributed by atoms with Crippen molar-refractivity contribution in [2.45, 2.75) is 25.6 Å². The lowest BCUT2D eigenvalue weighted by Crippen LogP contribution is -2.52. The van der Waals surface area contributed by atoms with E-state index in [1.165, 1.54) is 18.3 Å². The van der Waals surface area contributed by atoms with Crippen molar-refractivity contribution in [2.75, 3.05) is 18.0 Å². The van der Waals surface area contributed by atoms with E-state index in [0.29, 0.717) is 24.5 Å². The highest BCUT2D eigenvalue weighted by Gasteiger charge is 2.32. The number of H-pyrrole nitrogens is 1. The molecule has 1 fully saturated rings. The maximum atomic E-state index is 14.6. The molecular formula is C17H17Cl2FN4O3. The summed E-state index contributed by atoms with van der Waals surface area (Å²) in [5.41, 5.74) is 0.743. The van der Waals surface area contributed by atoms with Gasteiger partial charge in [-0.2, -0.15) is 0 Å². The number of aromatic amines is 1. The Hall–Kier alpha value is -2.32. The molecule has 0 aliphatic carbocycles. The highest BCUT2D eigenvalue weighted by Crippen LogP contribution is 2.29. The number of alkyl halides is 1. The third-order valence-electron chi connectivity index (χ3n) is 4.46. The molecule has 1 amide bonds. The summed E-state index contributed by atoms with van der Waals surface area (Å²) >= 11 is 12.0. The Balaban J connectivity index is 1.66. The van der Waals surface area contributed by atoms with Crippen LogP contribution >= 0.6 is 23.2 Å². The van der Waals surface area contributed by atoms with E-state index in [1.807, 2.05) is 0 Å². The fraction of sp³-hybridized carbons (Fsp3) is 0.353. The molecule has 144 valence electrons. The van der Waals surface area contributed by atoms with Gasteiger partial charge in [0.15, 0.2) is 0 Å². The maximum absolute atomic E-state index is 14.6. The van der Waals surface area contributed by atoms with Crippen LogP contribution in [0.5, 0.6) is 0 Å². The van der Waals surface area contributed by atoms with E-state index in [2.05, 4.69) is 15.3 Å². The van der Waals surface area contributed by atoms with E-state index < -0.39 is 24.1 Å². The van der Waals surface area contributed by atoms with Crippen molar-refractivity contribution in [3.05, 3.63) is 45.3 Å². The first-order valence-electron chi connectivity index (χ1n) is 8.20. The quantitative estimate of drug-likeness (QED) is 0.713. The minimum Gasteiger partial charge on any atom is -0.478 e. The number of piperidine rings is 1. The molecule has 0 spiro atoms. The normalized spacial score (nSPS) is 19.8. The van der Waals surface area contributed by atoms with Gasteiger partial charge in [0, 0.05) is 18.4 Å². The Labute approximate surface area is 164 Å². The van der Waals surface area contributed by atoms with Crippen molar-refractivity contribution in [2.24, 2.45) is 0 Å². The van der Waals surface area contributed by atoms with E-state index in [1.54, 1.807) is 11.8 Å². The van der Waals surface area contributed by atoms with Gasteiger partial charge in [-0.1, -0.05) is 23.2 Å². The SMILES string of the molecule is Cc1[nH]c(C(=O)N[C@@H]2CCN(c3cc(C(=O)O)ccn3)C[C@@H]2F)c(Cl)c1Cl. The maximum Gasteiger partial charge on any atom is 0.335 e. The number of nitrogens with one attached hydrogen (secondary N) is 2. The number of carbonyl (C=O) groups excluding carboxylic acids is 1. The van der Waals surface area contributed by atoms with Gasteiger partial charge in [-0.25, -0.2) is 14.2 Å². The highest BCUT2D eigenvalue weighted by atomic mass is 35.5. The zero-order valence-corrected chi connectivity index (χ0v) is 15.8. The molecule has 3 heterocycles. The molecule has 0 bridgehead atoms. The third-order valence-corrected chi connectivity index (χ3v) is 5.40. The fourth-order valence-corrected chi connectivity index (χ4v) is 3.39. The zero-order valence-electron chi connectivity index (χ0n) is 14.3. The van der Waals surface area contributed by atoms with Crippen LogP contribution in [0.2, 0.25) is 10.0 Å². The highest BCUT2D eigenvalue weighted by molar-refractivity contribution is 6.44. The van der Waals surface area contributed by atoms with Crippen molar-refractivity contribution < 1.29 is 19.1 Å². The number of pyridine rings is 1. The van der Waals surface area contributed by atoms with Crippen molar-refractivity contribution in [3.63, 3.8) is 0 Å². The van der Waals surface area contributed by atoms with Gasteiger partial charge in [0.05, 0.1) is 28.2 Å². The number of carboxylic acid groups (broad SMARTS) is 1. The van der Waals surface area contributed by atoms with Gasteiger partial charge < -0.3 is 20.3 Å². The number of aryl methyl sites for hydroxylation is 1. The molecule has 27 heavy (non-hydrogen) atoms. The average Bonchev–Trinajstić information content (AvgIpc) is 2.91. The molecule has 2 aromatic heterocycles. The largest absolute Gasteiger partial charge is 0.478 e. The Morgan fingerprint density at radius 3 is 2.74 bits per heavy atom. The van der Waals surface area contributed by atoms with Crippen LogP contribution in [0.4, 0.5) is 10.2 Å². The summed E-state index contributed by atoms with van der Waals surface area (Å²) < 4.78 is 14.6. The van der Waals surface area contributed by atoms with Crippen LogP contribution in [-0.2, 0) is 0 Å². The zero-order chi connectivity index (χ0) is 19.7. The van der Waals surface area contributed by atoms with Crippen molar-refractivity contribution >= 4 is 40.9 Å². The minimum atomic E-state index is -1.36. The standard InChI is InChI=1S/C17H17Cl2FN4O3/c1-8-13(18)14(19)15(22-8)16(25)23-11-3-5-24(7-10(11)20)12-6-9(17(26)27)2-4-21-12/h2,4,6,10-11,22H,3,5,7H2,1H3,(H,23,25)(H,26,27)/t10-,11+/m0/s1. The number of carboxylic acids is 1. The summed E-state index contributed by atoms with van der Waals surface area (Å²) in [6.45, 7) is 2.08.